The maximum absolute atomic E-state index is 12.8. The third kappa shape index (κ3) is 3.91. The van der Waals surface area contributed by atoms with Crippen LogP contribution in [0.2, 0.25) is 0 Å². The van der Waals surface area contributed by atoms with E-state index in [4.69, 9.17) is 0 Å². The largest absolute Gasteiger partial charge is 0.341 e. The molecule has 0 N–H and O–H groups in total. The number of benzene rings is 2. The number of hydrogen-bond donors (Lipinski definition) is 0. The molecule has 0 atom stereocenters. The van der Waals surface area contributed by atoms with E-state index in [1.807, 2.05) is 30.3 Å². The Morgan fingerprint density at radius 1 is 1.00 bits per heavy atom. The van der Waals surface area contributed by atoms with Crippen LogP contribution in [0, 0.1) is 5.82 Å². The van der Waals surface area contributed by atoms with E-state index in [1.165, 1.54) is 12.1 Å². The molecule has 0 saturated heterocycles. The smallest absolute Gasteiger partial charge is 0.227 e. The third-order valence-electron chi connectivity index (χ3n) is 2.96. The first-order valence-corrected chi connectivity index (χ1v) is 6.17. The van der Waals surface area contributed by atoms with Gasteiger partial charge in [-0.2, -0.15) is 0 Å². The Bertz CT molecular complexity index is 536. The molecule has 3 heteroatoms. The lowest BCUT2D eigenvalue weighted by Gasteiger charge is -2.17. The Hall–Kier alpha value is -2.16. The minimum Gasteiger partial charge on any atom is -0.341 e. The van der Waals surface area contributed by atoms with Crippen LogP contribution in [0.1, 0.15) is 11.1 Å². The van der Waals surface area contributed by atoms with Crippen LogP contribution >= 0.6 is 0 Å². The van der Waals surface area contributed by atoms with Crippen LogP contribution in [0.3, 0.4) is 0 Å². The zero-order valence-electron chi connectivity index (χ0n) is 10.8. The highest BCUT2D eigenvalue weighted by molar-refractivity contribution is 5.78. The molecule has 0 unspecified atom stereocenters. The third-order valence-corrected chi connectivity index (χ3v) is 2.96. The van der Waals surface area contributed by atoms with E-state index in [1.54, 1.807) is 24.1 Å². The van der Waals surface area contributed by atoms with Crippen molar-refractivity contribution in [2.24, 2.45) is 0 Å². The molecule has 0 bridgehead atoms. The molecule has 19 heavy (non-hydrogen) atoms. The quantitative estimate of drug-likeness (QED) is 0.824. The second-order valence-electron chi connectivity index (χ2n) is 4.54. The number of rotatable bonds is 4. The highest BCUT2D eigenvalue weighted by Crippen LogP contribution is 2.07. The number of amides is 1. The molecular formula is C16H16FNO. The Morgan fingerprint density at radius 2 is 1.63 bits per heavy atom. The number of hydrogen-bond acceptors (Lipinski definition) is 1. The van der Waals surface area contributed by atoms with Crippen molar-refractivity contribution in [1.29, 1.82) is 0 Å². The van der Waals surface area contributed by atoms with Gasteiger partial charge in [0.2, 0.25) is 5.91 Å². The maximum Gasteiger partial charge on any atom is 0.227 e. The zero-order valence-corrected chi connectivity index (χ0v) is 10.8. The zero-order chi connectivity index (χ0) is 13.7. The van der Waals surface area contributed by atoms with Crippen molar-refractivity contribution in [1.82, 2.24) is 4.90 Å². The molecule has 0 heterocycles. The lowest BCUT2D eigenvalue weighted by molar-refractivity contribution is -0.129. The van der Waals surface area contributed by atoms with E-state index in [9.17, 15) is 9.18 Å². The number of nitrogens with zero attached hydrogens (tertiary/aromatic N) is 1. The van der Waals surface area contributed by atoms with Crippen LogP contribution in [0.5, 0.6) is 0 Å². The van der Waals surface area contributed by atoms with E-state index >= 15 is 0 Å². The SMILES string of the molecule is CN(Cc1ccccc1)C(=O)Cc1ccc(F)cc1. The number of likely N-dealkylation sites (N-methyl/N-ethyl adjacent to an activating group) is 1. The van der Waals surface area contributed by atoms with E-state index < -0.39 is 0 Å². The van der Waals surface area contributed by atoms with Gasteiger partial charge < -0.3 is 4.90 Å². The normalized spacial score (nSPS) is 10.2. The molecule has 1 amide bonds. The van der Waals surface area contributed by atoms with Gasteiger partial charge in [-0.1, -0.05) is 42.5 Å². The van der Waals surface area contributed by atoms with Gasteiger partial charge in [-0.25, -0.2) is 4.39 Å². The topological polar surface area (TPSA) is 20.3 Å². The second-order valence-corrected chi connectivity index (χ2v) is 4.54. The van der Waals surface area contributed by atoms with Gasteiger partial charge in [0.15, 0.2) is 0 Å². The van der Waals surface area contributed by atoms with Crippen molar-refractivity contribution in [2.45, 2.75) is 13.0 Å². The molecule has 2 nitrogen and oxygen atoms in total. The lowest BCUT2D eigenvalue weighted by Crippen LogP contribution is -2.27. The molecule has 2 rings (SSSR count). The molecule has 0 saturated carbocycles. The number of carbonyl (C=O) groups is 1. The molecule has 0 radical (unpaired) electrons. The van der Waals surface area contributed by atoms with Crippen LogP contribution in [0.15, 0.2) is 54.6 Å². The molecule has 2 aromatic carbocycles. The summed E-state index contributed by atoms with van der Waals surface area (Å²) in [7, 11) is 1.78. The van der Waals surface area contributed by atoms with Crippen molar-refractivity contribution >= 4 is 5.91 Å². The fraction of sp³-hybridized carbons (Fsp3) is 0.188. The summed E-state index contributed by atoms with van der Waals surface area (Å²) in [5, 5.41) is 0. The van der Waals surface area contributed by atoms with Crippen LogP contribution in [-0.4, -0.2) is 17.9 Å². The molecule has 0 aromatic heterocycles. The summed E-state index contributed by atoms with van der Waals surface area (Å²) in [4.78, 5) is 13.7. The highest BCUT2D eigenvalue weighted by atomic mass is 19.1. The van der Waals surface area contributed by atoms with Gasteiger partial charge in [0, 0.05) is 13.6 Å². The van der Waals surface area contributed by atoms with Crippen molar-refractivity contribution < 1.29 is 9.18 Å². The summed E-state index contributed by atoms with van der Waals surface area (Å²) in [6, 6.07) is 15.9. The minimum absolute atomic E-state index is 0.0236. The molecule has 0 spiro atoms. The first kappa shape index (κ1) is 13.3. The first-order chi connectivity index (χ1) is 9.15. The molecule has 0 aliphatic heterocycles. The van der Waals surface area contributed by atoms with Crippen LogP contribution < -0.4 is 0 Å². The summed E-state index contributed by atoms with van der Waals surface area (Å²) in [5.41, 5.74) is 1.92. The lowest BCUT2D eigenvalue weighted by atomic mass is 10.1. The molecule has 2 aromatic rings. The Kier molecular flexibility index (Phi) is 4.29. The summed E-state index contributed by atoms with van der Waals surface area (Å²) < 4.78 is 12.8. The van der Waals surface area contributed by atoms with Crippen molar-refractivity contribution in [3.8, 4) is 0 Å². The average Bonchev–Trinajstić information content (AvgIpc) is 2.42. The highest BCUT2D eigenvalue weighted by Gasteiger charge is 2.10. The van der Waals surface area contributed by atoms with Crippen LogP contribution in [0.4, 0.5) is 4.39 Å². The summed E-state index contributed by atoms with van der Waals surface area (Å²) in [5.74, 6) is -0.260. The molecule has 0 aliphatic rings. The van der Waals surface area contributed by atoms with Gasteiger partial charge in [-0.3, -0.25) is 4.79 Å². The molecular weight excluding hydrogens is 241 g/mol. The predicted molar refractivity (Wildman–Crippen MR) is 73.0 cm³/mol. The average molecular weight is 257 g/mol. The van der Waals surface area contributed by atoms with Gasteiger partial charge in [0.1, 0.15) is 5.82 Å². The predicted octanol–water partition coefficient (Wildman–Crippen LogP) is 3.03. The molecule has 0 fully saturated rings. The fourth-order valence-electron chi connectivity index (χ4n) is 1.86. The van der Waals surface area contributed by atoms with E-state index in [0.717, 1.165) is 11.1 Å². The Balaban J connectivity index is 1.94. The van der Waals surface area contributed by atoms with Gasteiger partial charge in [0.05, 0.1) is 6.42 Å². The molecule has 0 aliphatic carbocycles. The van der Waals surface area contributed by atoms with Crippen molar-refractivity contribution in [3.63, 3.8) is 0 Å². The van der Waals surface area contributed by atoms with Crippen LogP contribution in [-0.2, 0) is 17.8 Å². The van der Waals surface area contributed by atoms with Gasteiger partial charge in [-0.15, -0.1) is 0 Å². The van der Waals surface area contributed by atoms with E-state index in [-0.39, 0.29) is 11.7 Å². The number of halogens is 1. The summed E-state index contributed by atoms with van der Waals surface area (Å²) >= 11 is 0. The van der Waals surface area contributed by atoms with Crippen molar-refractivity contribution in [3.05, 3.63) is 71.5 Å². The Morgan fingerprint density at radius 3 is 2.26 bits per heavy atom. The first-order valence-electron chi connectivity index (χ1n) is 6.17. The van der Waals surface area contributed by atoms with E-state index in [0.29, 0.717) is 13.0 Å². The Labute approximate surface area is 112 Å². The van der Waals surface area contributed by atoms with Crippen molar-refractivity contribution in [2.75, 3.05) is 7.05 Å². The maximum atomic E-state index is 12.8. The molecule has 98 valence electrons. The monoisotopic (exact) mass is 257 g/mol. The fourth-order valence-corrected chi connectivity index (χ4v) is 1.86. The van der Waals surface area contributed by atoms with Gasteiger partial charge in [0.25, 0.3) is 0 Å². The summed E-state index contributed by atoms with van der Waals surface area (Å²) in [6.07, 6.45) is 0.295. The standard InChI is InChI=1S/C16H16FNO/c1-18(12-14-5-3-2-4-6-14)16(19)11-13-7-9-15(17)10-8-13/h2-10H,11-12H2,1H3. The van der Waals surface area contributed by atoms with Crippen LogP contribution in [0.25, 0.3) is 0 Å². The van der Waals surface area contributed by atoms with E-state index in [2.05, 4.69) is 0 Å². The van der Waals surface area contributed by atoms with Gasteiger partial charge >= 0.3 is 0 Å². The number of carbonyl (C=O) groups excluding carboxylic acids is 1. The van der Waals surface area contributed by atoms with Gasteiger partial charge in [-0.05, 0) is 23.3 Å². The minimum atomic E-state index is -0.283. The summed E-state index contributed by atoms with van der Waals surface area (Å²) in [6.45, 7) is 0.584. The second kappa shape index (κ2) is 6.14.